The zero-order chi connectivity index (χ0) is 21.8. The predicted octanol–water partition coefficient (Wildman–Crippen LogP) is 6.40. The SMILES string of the molecule is Clc1c(Sc2ccccc2)c(N2CCN(CCc3ccccc3)CC2)nc2ccccc12. The van der Waals surface area contributed by atoms with Crippen molar-refractivity contribution in [1.29, 1.82) is 0 Å². The van der Waals surface area contributed by atoms with Gasteiger partial charge in [0, 0.05) is 43.0 Å². The van der Waals surface area contributed by atoms with Crippen molar-refractivity contribution >= 4 is 40.1 Å². The fourth-order valence-corrected chi connectivity index (χ4v) is 5.52. The highest BCUT2D eigenvalue weighted by Gasteiger charge is 2.23. The van der Waals surface area contributed by atoms with Gasteiger partial charge in [-0.05, 0) is 30.2 Å². The fraction of sp³-hybridized carbons (Fsp3) is 0.222. The minimum atomic E-state index is 0.797. The first-order valence-corrected chi connectivity index (χ1v) is 12.3. The van der Waals surface area contributed by atoms with E-state index >= 15 is 0 Å². The molecule has 0 bridgehead atoms. The number of pyridine rings is 1. The Bertz CT molecular complexity index is 1180. The molecule has 0 aliphatic carbocycles. The molecule has 5 rings (SSSR count). The predicted molar refractivity (Wildman–Crippen MR) is 136 cm³/mol. The van der Waals surface area contributed by atoms with Gasteiger partial charge in [-0.3, -0.25) is 4.90 Å². The molecule has 3 nitrogen and oxygen atoms in total. The zero-order valence-corrected chi connectivity index (χ0v) is 19.5. The van der Waals surface area contributed by atoms with Gasteiger partial charge in [0.2, 0.25) is 0 Å². The average molecular weight is 460 g/mol. The lowest BCUT2D eigenvalue weighted by Crippen LogP contribution is -2.47. The van der Waals surface area contributed by atoms with E-state index in [1.807, 2.05) is 18.2 Å². The molecular formula is C27H26ClN3S. The first-order valence-electron chi connectivity index (χ1n) is 11.1. The third kappa shape index (κ3) is 4.78. The van der Waals surface area contributed by atoms with Gasteiger partial charge in [-0.1, -0.05) is 90.1 Å². The third-order valence-corrected chi connectivity index (χ3v) is 7.57. The van der Waals surface area contributed by atoms with E-state index in [4.69, 9.17) is 16.6 Å². The number of anilines is 1. The number of hydrogen-bond donors (Lipinski definition) is 0. The van der Waals surface area contributed by atoms with Crippen LogP contribution in [0.25, 0.3) is 10.9 Å². The number of nitrogens with zero attached hydrogens (tertiary/aromatic N) is 3. The molecule has 0 saturated carbocycles. The molecule has 1 aliphatic heterocycles. The third-order valence-electron chi connectivity index (χ3n) is 5.96. The van der Waals surface area contributed by atoms with E-state index in [1.165, 1.54) is 10.5 Å². The van der Waals surface area contributed by atoms with Crippen LogP contribution in [0.15, 0.2) is 94.7 Å². The van der Waals surface area contributed by atoms with E-state index in [9.17, 15) is 0 Å². The number of fused-ring (bicyclic) bond motifs is 1. The summed E-state index contributed by atoms with van der Waals surface area (Å²) in [6.45, 7) is 5.08. The smallest absolute Gasteiger partial charge is 0.144 e. The van der Waals surface area contributed by atoms with E-state index in [2.05, 4.69) is 76.5 Å². The summed E-state index contributed by atoms with van der Waals surface area (Å²) < 4.78 is 0. The Labute approximate surface area is 199 Å². The minimum absolute atomic E-state index is 0.797. The molecule has 2 heterocycles. The van der Waals surface area contributed by atoms with Crippen molar-refractivity contribution < 1.29 is 0 Å². The second-order valence-electron chi connectivity index (χ2n) is 8.08. The average Bonchev–Trinajstić information content (AvgIpc) is 2.86. The van der Waals surface area contributed by atoms with E-state index in [1.54, 1.807) is 11.8 Å². The van der Waals surface area contributed by atoms with Crippen LogP contribution in [0.1, 0.15) is 5.56 Å². The molecule has 1 fully saturated rings. The number of aromatic nitrogens is 1. The summed E-state index contributed by atoms with van der Waals surface area (Å²) in [7, 11) is 0. The van der Waals surface area contributed by atoms with Gasteiger partial charge in [0.1, 0.15) is 5.82 Å². The Morgan fingerprint density at radius 1 is 0.781 bits per heavy atom. The molecule has 1 aromatic heterocycles. The summed E-state index contributed by atoms with van der Waals surface area (Å²) >= 11 is 8.67. The van der Waals surface area contributed by atoms with Gasteiger partial charge in [-0.25, -0.2) is 4.98 Å². The molecule has 4 aromatic rings. The molecule has 5 heteroatoms. The molecule has 0 radical (unpaired) electrons. The standard InChI is InChI=1S/C27H26ClN3S/c28-25-23-13-7-8-14-24(23)29-27(26(25)32-22-11-5-2-6-12-22)31-19-17-30(18-20-31)16-15-21-9-3-1-4-10-21/h1-14H,15-20H2. The van der Waals surface area contributed by atoms with E-state index < -0.39 is 0 Å². The van der Waals surface area contributed by atoms with Gasteiger partial charge < -0.3 is 4.90 Å². The van der Waals surface area contributed by atoms with Crippen LogP contribution in [-0.2, 0) is 6.42 Å². The van der Waals surface area contributed by atoms with E-state index in [0.717, 1.165) is 65.8 Å². The van der Waals surface area contributed by atoms with Crippen LogP contribution in [0.3, 0.4) is 0 Å². The molecule has 0 unspecified atom stereocenters. The van der Waals surface area contributed by atoms with E-state index in [0.29, 0.717) is 0 Å². The molecule has 0 spiro atoms. The van der Waals surface area contributed by atoms with Gasteiger partial charge in [0.05, 0.1) is 15.4 Å². The highest BCUT2D eigenvalue weighted by molar-refractivity contribution is 7.99. The Kier molecular flexibility index (Phi) is 6.63. The van der Waals surface area contributed by atoms with Crippen molar-refractivity contribution in [3.63, 3.8) is 0 Å². The Balaban J connectivity index is 1.37. The summed E-state index contributed by atoms with van der Waals surface area (Å²) in [5.41, 5.74) is 2.36. The van der Waals surface area contributed by atoms with Gasteiger partial charge in [0.15, 0.2) is 0 Å². The lowest BCUT2D eigenvalue weighted by atomic mass is 10.1. The van der Waals surface area contributed by atoms with Crippen molar-refractivity contribution in [3.05, 3.63) is 95.5 Å². The summed E-state index contributed by atoms with van der Waals surface area (Å²) in [6, 6.07) is 29.3. The maximum atomic E-state index is 6.96. The first kappa shape index (κ1) is 21.3. The van der Waals surface area contributed by atoms with Crippen molar-refractivity contribution in [2.75, 3.05) is 37.6 Å². The Hall–Kier alpha value is -2.53. The molecule has 162 valence electrons. The van der Waals surface area contributed by atoms with Crippen LogP contribution >= 0.6 is 23.4 Å². The number of piperazine rings is 1. The molecule has 1 aliphatic rings. The normalized spacial score (nSPS) is 14.7. The van der Waals surface area contributed by atoms with Gasteiger partial charge in [-0.2, -0.15) is 0 Å². The maximum Gasteiger partial charge on any atom is 0.144 e. The highest BCUT2D eigenvalue weighted by atomic mass is 35.5. The van der Waals surface area contributed by atoms with Gasteiger partial charge in [0.25, 0.3) is 0 Å². The Morgan fingerprint density at radius 3 is 2.19 bits per heavy atom. The summed E-state index contributed by atoms with van der Waals surface area (Å²) in [6.07, 6.45) is 1.09. The molecule has 32 heavy (non-hydrogen) atoms. The largest absolute Gasteiger partial charge is 0.353 e. The van der Waals surface area contributed by atoms with Crippen LogP contribution in [-0.4, -0.2) is 42.6 Å². The van der Waals surface area contributed by atoms with Crippen molar-refractivity contribution in [3.8, 4) is 0 Å². The van der Waals surface area contributed by atoms with Crippen LogP contribution in [0.2, 0.25) is 5.02 Å². The molecular weight excluding hydrogens is 434 g/mol. The van der Waals surface area contributed by atoms with Crippen LogP contribution in [0, 0.1) is 0 Å². The van der Waals surface area contributed by atoms with Crippen LogP contribution in [0.4, 0.5) is 5.82 Å². The van der Waals surface area contributed by atoms with Gasteiger partial charge >= 0.3 is 0 Å². The van der Waals surface area contributed by atoms with Crippen LogP contribution < -0.4 is 4.90 Å². The van der Waals surface area contributed by atoms with Crippen molar-refractivity contribution in [2.45, 2.75) is 16.2 Å². The summed E-state index contributed by atoms with van der Waals surface area (Å²) in [5, 5.41) is 1.81. The van der Waals surface area contributed by atoms with Crippen LogP contribution in [0.5, 0.6) is 0 Å². The summed E-state index contributed by atoms with van der Waals surface area (Å²) in [5.74, 6) is 1.00. The lowest BCUT2D eigenvalue weighted by Gasteiger charge is -2.36. The number of hydrogen-bond acceptors (Lipinski definition) is 4. The second kappa shape index (κ2) is 9.95. The molecule has 0 atom stereocenters. The molecule has 0 amide bonds. The maximum absolute atomic E-state index is 6.96. The molecule has 3 aromatic carbocycles. The fourth-order valence-electron chi connectivity index (χ4n) is 4.17. The number of halogens is 1. The quantitative estimate of drug-likeness (QED) is 0.332. The first-order chi connectivity index (χ1) is 15.8. The topological polar surface area (TPSA) is 19.4 Å². The number of rotatable bonds is 6. The van der Waals surface area contributed by atoms with Gasteiger partial charge in [-0.15, -0.1) is 0 Å². The summed E-state index contributed by atoms with van der Waals surface area (Å²) in [4.78, 5) is 12.3. The molecule has 1 saturated heterocycles. The second-order valence-corrected chi connectivity index (χ2v) is 9.54. The Morgan fingerprint density at radius 2 is 1.44 bits per heavy atom. The van der Waals surface area contributed by atoms with Crippen molar-refractivity contribution in [2.24, 2.45) is 0 Å². The number of para-hydroxylation sites is 1. The highest BCUT2D eigenvalue weighted by Crippen LogP contribution is 2.43. The lowest BCUT2D eigenvalue weighted by molar-refractivity contribution is 0.260. The zero-order valence-electron chi connectivity index (χ0n) is 18.0. The minimum Gasteiger partial charge on any atom is -0.353 e. The monoisotopic (exact) mass is 459 g/mol. The van der Waals surface area contributed by atoms with E-state index in [-0.39, 0.29) is 0 Å². The number of benzene rings is 3. The molecule has 0 N–H and O–H groups in total. The van der Waals surface area contributed by atoms with Crippen molar-refractivity contribution in [1.82, 2.24) is 9.88 Å².